The van der Waals surface area contributed by atoms with E-state index >= 15 is 0 Å². The van der Waals surface area contributed by atoms with Crippen molar-refractivity contribution in [2.24, 2.45) is 0 Å². The second-order valence-corrected chi connectivity index (χ2v) is 9.06. The van der Waals surface area contributed by atoms with Crippen LogP contribution < -0.4 is 5.69 Å². The average molecular weight is 563 g/mol. The van der Waals surface area contributed by atoms with Gasteiger partial charge in [0.05, 0.1) is 17.9 Å². The zero-order valence-electron chi connectivity index (χ0n) is 18.5. The molecule has 0 radical (unpaired) electrons. The van der Waals surface area contributed by atoms with Crippen molar-refractivity contribution in [3.05, 3.63) is 98.5 Å². The molecule has 0 aliphatic carbocycles. The molecule has 170 valence electrons. The smallest absolute Gasteiger partial charge is 0.290 e. The number of benzene rings is 2. The average Bonchev–Trinajstić information content (AvgIpc) is 3.50. The number of hydrogen-bond donors (Lipinski definition) is 1. The molecule has 8 nitrogen and oxygen atoms in total. The Hall–Kier alpha value is -3.60. The minimum atomic E-state index is -0.0541. The van der Waals surface area contributed by atoms with Crippen molar-refractivity contribution in [3.63, 3.8) is 0 Å². The van der Waals surface area contributed by atoms with Crippen LogP contribution in [-0.4, -0.2) is 34.7 Å². The lowest BCUT2D eigenvalue weighted by molar-refractivity contribution is 0.679. The molecule has 1 N–H and O–H groups in total. The normalized spacial score (nSPS) is 11.1. The number of nitrogens with one attached hydrogen (secondary N) is 1. The van der Waals surface area contributed by atoms with E-state index in [4.69, 9.17) is 0 Å². The maximum Gasteiger partial charge on any atom is 0.333 e. The molecule has 3 aromatic heterocycles. The van der Waals surface area contributed by atoms with Gasteiger partial charge in [-0.25, -0.2) is 9.89 Å². The number of nitrogens with zero attached hydrogens (tertiary/aromatic N) is 6. The van der Waals surface area contributed by atoms with Crippen LogP contribution in [0, 0.1) is 3.57 Å². The highest BCUT2D eigenvalue weighted by atomic mass is 127. The van der Waals surface area contributed by atoms with E-state index < -0.39 is 0 Å². The summed E-state index contributed by atoms with van der Waals surface area (Å²) in [5, 5.41) is 14.2. The number of tetrazole rings is 1. The first-order valence-corrected chi connectivity index (χ1v) is 12.1. The van der Waals surface area contributed by atoms with Crippen molar-refractivity contribution in [1.29, 1.82) is 0 Å². The summed E-state index contributed by atoms with van der Waals surface area (Å²) < 4.78 is 4.59. The van der Waals surface area contributed by atoms with Crippen LogP contribution in [0.4, 0.5) is 0 Å². The molecule has 0 bridgehead atoms. The summed E-state index contributed by atoms with van der Waals surface area (Å²) in [6.07, 6.45) is 5.57. The molecular formula is C25H22IN7O. The van der Waals surface area contributed by atoms with E-state index in [-0.39, 0.29) is 5.69 Å². The van der Waals surface area contributed by atoms with Gasteiger partial charge < -0.3 is 0 Å². The van der Waals surface area contributed by atoms with Crippen molar-refractivity contribution in [3.8, 4) is 28.2 Å². The van der Waals surface area contributed by atoms with Gasteiger partial charge in [-0.1, -0.05) is 55.8 Å². The fraction of sp³-hybridized carbons (Fsp3) is 0.160. The second-order valence-electron chi connectivity index (χ2n) is 7.89. The first kappa shape index (κ1) is 22.2. The number of aryl methyl sites for hydroxylation is 1. The van der Waals surface area contributed by atoms with E-state index in [0.29, 0.717) is 12.4 Å². The predicted octanol–water partition coefficient (Wildman–Crippen LogP) is 4.49. The zero-order chi connectivity index (χ0) is 23.5. The molecule has 0 unspecified atom stereocenters. The molecule has 9 heteroatoms. The molecule has 5 aromatic rings. The number of hydrogen-bond acceptors (Lipinski definition) is 5. The predicted molar refractivity (Wildman–Crippen MR) is 139 cm³/mol. The van der Waals surface area contributed by atoms with Gasteiger partial charge in [0, 0.05) is 32.8 Å². The van der Waals surface area contributed by atoms with Crippen molar-refractivity contribution >= 4 is 22.6 Å². The number of halogens is 1. The largest absolute Gasteiger partial charge is 0.333 e. The summed E-state index contributed by atoms with van der Waals surface area (Å²) in [4.78, 5) is 18.0. The van der Waals surface area contributed by atoms with Crippen molar-refractivity contribution in [1.82, 2.24) is 34.7 Å². The summed E-state index contributed by atoms with van der Waals surface area (Å²) in [5.41, 5.74) is 5.50. The first-order chi connectivity index (χ1) is 16.7. The Morgan fingerprint density at radius 3 is 2.50 bits per heavy atom. The van der Waals surface area contributed by atoms with Gasteiger partial charge in [0.25, 0.3) is 0 Å². The molecule has 0 amide bonds. The van der Waals surface area contributed by atoms with Crippen LogP contribution >= 0.6 is 22.6 Å². The van der Waals surface area contributed by atoms with Gasteiger partial charge in [-0.2, -0.15) is 0 Å². The number of pyridine rings is 1. The summed E-state index contributed by atoms with van der Waals surface area (Å²) >= 11 is 2.27. The van der Waals surface area contributed by atoms with Gasteiger partial charge in [-0.05, 0) is 63.2 Å². The highest BCUT2D eigenvalue weighted by Gasteiger charge is 2.15. The fourth-order valence-corrected chi connectivity index (χ4v) is 4.67. The second kappa shape index (κ2) is 9.72. The molecule has 0 saturated carbocycles. The van der Waals surface area contributed by atoms with E-state index in [1.54, 1.807) is 4.57 Å². The minimum absolute atomic E-state index is 0.0541. The minimum Gasteiger partial charge on any atom is -0.290 e. The SMILES string of the molecule is CCCc1cn(-c2ccccc2I)c(=O)n1Cc1ccc(-c2ccccc2-c2nnn[nH]2)cn1. The number of rotatable bonds is 7. The highest BCUT2D eigenvalue weighted by molar-refractivity contribution is 14.1. The van der Waals surface area contributed by atoms with Crippen molar-refractivity contribution in [2.45, 2.75) is 26.3 Å². The number of aromatic nitrogens is 7. The number of para-hydroxylation sites is 1. The van der Waals surface area contributed by atoms with Gasteiger partial charge in [0.1, 0.15) is 0 Å². The number of H-pyrrole nitrogens is 1. The van der Waals surface area contributed by atoms with Crippen LogP contribution in [0.3, 0.4) is 0 Å². The van der Waals surface area contributed by atoms with Crippen LogP contribution in [0.1, 0.15) is 24.7 Å². The summed E-state index contributed by atoms with van der Waals surface area (Å²) in [7, 11) is 0. The molecule has 2 aromatic carbocycles. The Labute approximate surface area is 209 Å². The van der Waals surface area contributed by atoms with Crippen LogP contribution in [-0.2, 0) is 13.0 Å². The summed E-state index contributed by atoms with van der Waals surface area (Å²) in [6.45, 7) is 2.53. The maximum atomic E-state index is 13.4. The molecule has 0 aliphatic heterocycles. The van der Waals surface area contributed by atoms with E-state index in [9.17, 15) is 4.79 Å². The van der Waals surface area contributed by atoms with Gasteiger partial charge >= 0.3 is 5.69 Å². The molecular weight excluding hydrogens is 541 g/mol. The Morgan fingerprint density at radius 1 is 1.00 bits per heavy atom. The molecule has 0 atom stereocenters. The topological polar surface area (TPSA) is 94.3 Å². The standard InChI is InChI=1S/C25H22IN7O/c1-2-7-19-16-33(23-11-6-5-10-22(23)26)25(34)32(19)15-18-13-12-17(14-27-18)20-8-3-4-9-21(20)24-28-30-31-29-24/h3-6,8-14,16H,2,7,15H2,1H3,(H,28,29,30,31). The van der Waals surface area contributed by atoms with Crippen LogP contribution in [0.15, 0.2) is 77.9 Å². The third-order valence-electron chi connectivity index (χ3n) is 5.66. The third kappa shape index (κ3) is 4.30. The van der Waals surface area contributed by atoms with E-state index in [0.717, 1.165) is 50.2 Å². The molecule has 0 fully saturated rings. The number of imidazole rings is 1. The quantitative estimate of drug-likeness (QED) is 0.295. The Balaban J connectivity index is 1.48. The van der Waals surface area contributed by atoms with Crippen LogP contribution in [0.2, 0.25) is 0 Å². The first-order valence-electron chi connectivity index (χ1n) is 11.0. The monoisotopic (exact) mass is 563 g/mol. The van der Waals surface area contributed by atoms with Crippen molar-refractivity contribution < 1.29 is 0 Å². The summed E-state index contributed by atoms with van der Waals surface area (Å²) in [6, 6.07) is 19.8. The summed E-state index contributed by atoms with van der Waals surface area (Å²) in [5.74, 6) is 0.604. The van der Waals surface area contributed by atoms with Gasteiger partial charge in [0.2, 0.25) is 0 Å². The zero-order valence-corrected chi connectivity index (χ0v) is 20.7. The molecule has 0 spiro atoms. The molecule has 5 rings (SSSR count). The Kier molecular flexibility index (Phi) is 6.35. The van der Waals surface area contributed by atoms with E-state index in [2.05, 4.69) is 55.1 Å². The van der Waals surface area contributed by atoms with Crippen LogP contribution in [0.5, 0.6) is 0 Å². The molecule has 0 saturated heterocycles. The van der Waals surface area contributed by atoms with Gasteiger partial charge in [-0.3, -0.25) is 14.1 Å². The molecule has 0 aliphatic rings. The maximum absolute atomic E-state index is 13.4. The van der Waals surface area contributed by atoms with Crippen LogP contribution in [0.25, 0.3) is 28.2 Å². The Bertz CT molecular complexity index is 1470. The lowest BCUT2D eigenvalue weighted by atomic mass is 10.0. The fourth-order valence-electron chi connectivity index (χ4n) is 4.03. The van der Waals surface area contributed by atoms with E-state index in [1.165, 1.54) is 0 Å². The molecule has 34 heavy (non-hydrogen) atoms. The lowest BCUT2D eigenvalue weighted by Gasteiger charge is -2.09. The molecule has 3 heterocycles. The van der Waals surface area contributed by atoms with Crippen molar-refractivity contribution in [2.75, 3.05) is 0 Å². The lowest BCUT2D eigenvalue weighted by Crippen LogP contribution is -2.25. The van der Waals surface area contributed by atoms with Gasteiger partial charge in [-0.15, -0.1) is 5.10 Å². The third-order valence-corrected chi connectivity index (χ3v) is 6.58. The van der Waals surface area contributed by atoms with E-state index in [1.807, 2.05) is 77.6 Å². The highest BCUT2D eigenvalue weighted by Crippen LogP contribution is 2.29. The Morgan fingerprint density at radius 2 is 1.79 bits per heavy atom. The number of aromatic amines is 1. The van der Waals surface area contributed by atoms with Gasteiger partial charge in [0.15, 0.2) is 5.82 Å².